The lowest BCUT2D eigenvalue weighted by molar-refractivity contribution is 0.720. The van der Waals surface area contributed by atoms with Gasteiger partial charge in [0.2, 0.25) is 0 Å². The van der Waals surface area contributed by atoms with Crippen LogP contribution in [0.25, 0.3) is 0 Å². The zero-order valence-corrected chi connectivity index (χ0v) is 5.84. The summed E-state index contributed by atoms with van der Waals surface area (Å²) in [5.74, 6) is 1.89. The number of allylic oxidation sites excluding steroid dienone is 2. The van der Waals surface area contributed by atoms with E-state index in [0.29, 0.717) is 0 Å². The normalized spacial score (nSPS) is 31.6. The summed E-state index contributed by atoms with van der Waals surface area (Å²) < 4.78 is 0. The Kier molecular flexibility index (Phi) is 2.10. The lowest BCUT2D eigenvalue weighted by Gasteiger charge is -1.88. The maximum atomic E-state index is 3.71. The van der Waals surface area contributed by atoms with Crippen molar-refractivity contribution >= 4 is 0 Å². The third-order valence-electron chi connectivity index (χ3n) is 2.01. The van der Waals surface area contributed by atoms with Crippen molar-refractivity contribution in [1.29, 1.82) is 0 Å². The molecule has 0 spiro atoms. The minimum Gasteiger partial charge on any atom is -0.103 e. The molecule has 0 aliphatic heterocycles. The Balaban J connectivity index is 2.09. The molecule has 0 bridgehead atoms. The molecule has 0 aromatic rings. The first-order valence-corrected chi connectivity index (χ1v) is 3.60. The lowest BCUT2D eigenvalue weighted by atomic mass is 10.2. The van der Waals surface area contributed by atoms with Gasteiger partial charge in [0.25, 0.3) is 0 Å². The van der Waals surface area contributed by atoms with Gasteiger partial charge in [-0.25, -0.2) is 0 Å². The van der Waals surface area contributed by atoms with E-state index in [9.17, 15) is 0 Å². The lowest BCUT2D eigenvalue weighted by Crippen LogP contribution is -1.76. The summed E-state index contributed by atoms with van der Waals surface area (Å²) in [6.45, 7) is 7.42. The first-order valence-electron chi connectivity index (χ1n) is 3.60. The second-order valence-electron chi connectivity index (χ2n) is 2.80. The van der Waals surface area contributed by atoms with Crippen LogP contribution in [0.15, 0.2) is 25.3 Å². The van der Waals surface area contributed by atoms with Gasteiger partial charge in [0.1, 0.15) is 0 Å². The van der Waals surface area contributed by atoms with Gasteiger partial charge < -0.3 is 0 Å². The first kappa shape index (κ1) is 6.60. The van der Waals surface area contributed by atoms with E-state index in [1.54, 1.807) is 0 Å². The molecule has 50 valence electrons. The van der Waals surface area contributed by atoms with Crippen LogP contribution in [0.5, 0.6) is 0 Å². The number of hydrogen-bond acceptors (Lipinski definition) is 0. The molecule has 0 saturated heterocycles. The zero-order valence-electron chi connectivity index (χ0n) is 5.84. The molecule has 1 aliphatic carbocycles. The largest absolute Gasteiger partial charge is 0.103 e. The van der Waals surface area contributed by atoms with E-state index < -0.39 is 0 Å². The van der Waals surface area contributed by atoms with E-state index in [0.717, 1.165) is 11.8 Å². The van der Waals surface area contributed by atoms with Gasteiger partial charge >= 0.3 is 0 Å². The van der Waals surface area contributed by atoms with Crippen LogP contribution in [0.3, 0.4) is 0 Å². The minimum atomic E-state index is 0.945. The summed E-state index contributed by atoms with van der Waals surface area (Å²) in [6.07, 6.45) is 7.86. The SMILES string of the molecule is C=CCC1C[C@@H]1CC=C. The Morgan fingerprint density at radius 1 is 1.11 bits per heavy atom. The van der Waals surface area contributed by atoms with E-state index in [-0.39, 0.29) is 0 Å². The van der Waals surface area contributed by atoms with Gasteiger partial charge in [-0.1, -0.05) is 12.2 Å². The molecular weight excluding hydrogens is 108 g/mol. The van der Waals surface area contributed by atoms with Gasteiger partial charge in [0.05, 0.1) is 0 Å². The third kappa shape index (κ3) is 1.70. The summed E-state index contributed by atoms with van der Waals surface area (Å²) in [5, 5.41) is 0. The maximum absolute atomic E-state index is 3.71. The van der Waals surface area contributed by atoms with Crippen LogP contribution in [0.1, 0.15) is 19.3 Å². The van der Waals surface area contributed by atoms with Crippen molar-refractivity contribution in [3.63, 3.8) is 0 Å². The second kappa shape index (κ2) is 2.86. The molecule has 1 saturated carbocycles. The van der Waals surface area contributed by atoms with Crippen molar-refractivity contribution in [2.75, 3.05) is 0 Å². The van der Waals surface area contributed by atoms with Crippen LogP contribution >= 0.6 is 0 Å². The van der Waals surface area contributed by atoms with E-state index in [1.807, 2.05) is 12.2 Å². The number of hydrogen-bond donors (Lipinski definition) is 0. The van der Waals surface area contributed by atoms with Crippen molar-refractivity contribution < 1.29 is 0 Å². The predicted octanol–water partition coefficient (Wildman–Crippen LogP) is 2.77. The van der Waals surface area contributed by atoms with Gasteiger partial charge in [0.15, 0.2) is 0 Å². The highest BCUT2D eigenvalue weighted by atomic mass is 14.4. The summed E-state index contributed by atoms with van der Waals surface area (Å²) in [5.41, 5.74) is 0. The van der Waals surface area contributed by atoms with Crippen LogP contribution < -0.4 is 0 Å². The molecule has 0 aromatic heterocycles. The van der Waals surface area contributed by atoms with Crippen LogP contribution in [0, 0.1) is 11.8 Å². The van der Waals surface area contributed by atoms with E-state index in [4.69, 9.17) is 0 Å². The summed E-state index contributed by atoms with van der Waals surface area (Å²) in [4.78, 5) is 0. The third-order valence-corrected chi connectivity index (χ3v) is 2.01. The molecule has 0 amide bonds. The minimum absolute atomic E-state index is 0.945. The molecule has 1 rings (SSSR count). The fraction of sp³-hybridized carbons (Fsp3) is 0.556. The van der Waals surface area contributed by atoms with Crippen molar-refractivity contribution in [3.8, 4) is 0 Å². The van der Waals surface area contributed by atoms with Crippen molar-refractivity contribution in [1.82, 2.24) is 0 Å². The number of rotatable bonds is 4. The molecule has 0 nitrogen and oxygen atoms in total. The Labute approximate surface area is 57.3 Å². The topological polar surface area (TPSA) is 0 Å². The summed E-state index contributed by atoms with van der Waals surface area (Å²) >= 11 is 0. The van der Waals surface area contributed by atoms with E-state index in [1.165, 1.54) is 19.3 Å². The fourth-order valence-corrected chi connectivity index (χ4v) is 1.32. The molecule has 0 aromatic carbocycles. The molecule has 0 radical (unpaired) electrons. The van der Waals surface area contributed by atoms with Crippen molar-refractivity contribution in [2.24, 2.45) is 11.8 Å². The Hall–Kier alpha value is -0.520. The average Bonchev–Trinajstić information content (AvgIpc) is 2.50. The first-order chi connectivity index (χ1) is 4.38. The second-order valence-corrected chi connectivity index (χ2v) is 2.80. The van der Waals surface area contributed by atoms with Crippen molar-refractivity contribution in [3.05, 3.63) is 25.3 Å². The molecule has 0 N–H and O–H groups in total. The highest BCUT2D eigenvalue weighted by Crippen LogP contribution is 2.43. The van der Waals surface area contributed by atoms with Gasteiger partial charge in [-0.3, -0.25) is 0 Å². The molecule has 2 atom stereocenters. The van der Waals surface area contributed by atoms with Crippen LogP contribution in [0.4, 0.5) is 0 Å². The van der Waals surface area contributed by atoms with Crippen LogP contribution in [0.2, 0.25) is 0 Å². The smallest absolute Gasteiger partial charge is 0.0322 e. The molecule has 0 heterocycles. The van der Waals surface area contributed by atoms with Gasteiger partial charge in [-0.15, -0.1) is 13.2 Å². The average molecular weight is 122 g/mol. The maximum Gasteiger partial charge on any atom is -0.0322 e. The van der Waals surface area contributed by atoms with E-state index >= 15 is 0 Å². The summed E-state index contributed by atoms with van der Waals surface area (Å²) in [6, 6.07) is 0. The molecule has 9 heavy (non-hydrogen) atoms. The van der Waals surface area contributed by atoms with Gasteiger partial charge in [-0.05, 0) is 31.1 Å². The highest BCUT2D eigenvalue weighted by Gasteiger charge is 2.33. The zero-order chi connectivity index (χ0) is 6.69. The van der Waals surface area contributed by atoms with Crippen LogP contribution in [-0.4, -0.2) is 0 Å². The quantitative estimate of drug-likeness (QED) is 0.503. The van der Waals surface area contributed by atoms with Crippen molar-refractivity contribution in [2.45, 2.75) is 19.3 Å². The van der Waals surface area contributed by atoms with E-state index in [2.05, 4.69) is 13.2 Å². The van der Waals surface area contributed by atoms with Gasteiger partial charge in [0, 0.05) is 0 Å². The highest BCUT2D eigenvalue weighted by molar-refractivity contribution is 4.93. The summed E-state index contributed by atoms with van der Waals surface area (Å²) in [7, 11) is 0. The molecule has 1 unspecified atom stereocenters. The molecule has 0 heteroatoms. The van der Waals surface area contributed by atoms with Gasteiger partial charge in [-0.2, -0.15) is 0 Å². The monoisotopic (exact) mass is 122 g/mol. The Morgan fingerprint density at radius 2 is 1.56 bits per heavy atom. The molecule has 1 fully saturated rings. The fourth-order valence-electron chi connectivity index (χ4n) is 1.32. The molecule has 1 aliphatic rings. The van der Waals surface area contributed by atoms with Crippen LogP contribution in [-0.2, 0) is 0 Å². The Bertz CT molecular complexity index is 99.2. The predicted molar refractivity (Wildman–Crippen MR) is 41.2 cm³/mol. The Morgan fingerprint density at radius 3 is 1.89 bits per heavy atom. The standard InChI is InChI=1S/C9H14/c1-3-5-8-7-9(8)6-4-2/h3-4,8-9H,1-2,5-7H2/t8-,9?/m0/s1. The molecular formula is C9H14.